The summed E-state index contributed by atoms with van der Waals surface area (Å²) in [5, 5.41) is 6.33. The molecule has 0 aliphatic rings. The molecule has 1 aromatic carbocycles. The maximum absolute atomic E-state index is 13.4. The van der Waals surface area contributed by atoms with Crippen molar-refractivity contribution < 1.29 is 4.39 Å². The molecular weight excluding hydrogens is 305 g/mol. The maximum Gasteiger partial charge on any atom is 0.225 e. The average Bonchev–Trinajstić information content (AvgIpc) is 2.59. The van der Waals surface area contributed by atoms with Crippen LogP contribution in [0.15, 0.2) is 48.8 Å². The minimum atomic E-state index is -0.228. The van der Waals surface area contributed by atoms with Crippen LogP contribution in [0.5, 0.6) is 0 Å². The van der Waals surface area contributed by atoms with Crippen LogP contribution in [0.2, 0.25) is 0 Å². The van der Waals surface area contributed by atoms with Crippen LogP contribution in [0, 0.1) is 12.7 Å². The van der Waals surface area contributed by atoms with Crippen LogP contribution in [-0.4, -0.2) is 21.5 Å². The molecule has 3 aromatic rings. The Morgan fingerprint density at radius 2 is 1.83 bits per heavy atom. The van der Waals surface area contributed by atoms with Crippen LogP contribution in [-0.2, 0) is 0 Å². The highest BCUT2D eigenvalue weighted by atomic mass is 19.1. The third kappa shape index (κ3) is 3.65. The molecule has 6 heteroatoms. The van der Waals surface area contributed by atoms with Gasteiger partial charge >= 0.3 is 0 Å². The summed E-state index contributed by atoms with van der Waals surface area (Å²) >= 11 is 0. The van der Waals surface area contributed by atoms with Gasteiger partial charge in [-0.3, -0.25) is 4.98 Å². The Morgan fingerprint density at radius 1 is 1.04 bits per heavy atom. The first kappa shape index (κ1) is 15.9. The van der Waals surface area contributed by atoms with E-state index in [0.29, 0.717) is 17.3 Å². The van der Waals surface area contributed by atoms with Gasteiger partial charge in [0.15, 0.2) is 0 Å². The number of anilines is 3. The second-order valence-electron chi connectivity index (χ2n) is 5.32. The number of rotatable bonds is 5. The van der Waals surface area contributed by atoms with E-state index in [9.17, 15) is 4.39 Å². The molecule has 3 rings (SSSR count). The first-order chi connectivity index (χ1) is 11.7. The topological polar surface area (TPSA) is 62.7 Å². The van der Waals surface area contributed by atoms with Gasteiger partial charge in [-0.1, -0.05) is 0 Å². The third-order valence-corrected chi connectivity index (χ3v) is 3.47. The first-order valence-electron chi connectivity index (χ1n) is 7.72. The average molecular weight is 323 g/mol. The summed E-state index contributed by atoms with van der Waals surface area (Å²) in [6.07, 6.45) is 3.45. The quantitative estimate of drug-likeness (QED) is 0.738. The van der Waals surface area contributed by atoms with Crippen molar-refractivity contribution in [3.63, 3.8) is 0 Å². The van der Waals surface area contributed by atoms with Crippen LogP contribution in [0.4, 0.5) is 21.8 Å². The van der Waals surface area contributed by atoms with Gasteiger partial charge in [0.25, 0.3) is 0 Å². The highest BCUT2D eigenvalue weighted by Crippen LogP contribution is 2.24. The van der Waals surface area contributed by atoms with Gasteiger partial charge in [0.05, 0.1) is 5.69 Å². The van der Waals surface area contributed by atoms with E-state index in [-0.39, 0.29) is 5.82 Å². The van der Waals surface area contributed by atoms with E-state index >= 15 is 0 Å². The molecule has 0 aliphatic heterocycles. The molecule has 0 atom stereocenters. The fourth-order valence-corrected chi connectivity index (χ4v) is 2.29. The van der Waals surface area contributed by atoms with Gasteiger partial charge in [-0.05, 0) is 49.7 Å². The molecule has 24 heavy (non-hydrogen) atoms. The number of hydrogen-bond acceptors (Lipinski definition) is 5. The summed E-state index contributed by atoms with van der Waals surface area (Å²) in [6, 6.07) is 10.5. The fraction of sp³-hybridized carbons (Fsp3) is 0.167. The van der Waals surface area contributed by atoms with E-state index < -0.39 is 0 Å². The highest BCUT2D eigenvalue weighted by Gasteiger charge is 2.07. The molecule has 122 valence electrons. The van der Waals surface area contributed by atoms with Gasteiger partial charge in [-0.2, -0.15) is 4.98 Å². The zero-order valence-electron chi connectivity index (χ0n) is 13.5. The number of aryl methyl sites for hydroxylation is 1. The Labute approximate surface area is 140 Å². The van der Waals surface area contributed by atoms with Gasteiger partial charge in [0, 0.05) is 36.3 Å². The summed E-state index contributed by atoms with van der Waals surface area (Å²) in [5.41, 5.74) is 3.08. The monoisotopic (exact) mass is 323 g/mol. The zero-order chi connectivity index (χ0) is 16.9. The Bertz CT molecular complexity index is 836. The minimum absolute atomic E-state index is 0.228. The Balaban J connectivity index is 1.97. The van der Waals surface area contributed by atoms with E-state index in [1.54, 1.807) is 31.5 Å². The molecule has 0 radical (unpaired) electrons. The Morgan fingerprint density at radius 3 is 2.54 bits per heavy atom. The molecule has 0 saturated heterocycles. The molecule has 0 aliphatic carbocycles. The molecule has 2 heterocycles. The van der Waals surface area contributed by atoms with E-state index in [1.807, 2.05) is 25.1 Å². The van der Waals surface area contributed by atoms with Gasteiger partial charge in [0.2, 0.25) is 5.95 Å². The smallest absolute Gasteiger partial charge is 0.225 e. The molecule has 5 nitrogen and oxygen atoms in total. The van der Waals surface area contributed by atoms with Crippen molar-refractivity contribution in [1.29, 1.82) is 0 Å². The van der Waals surface area contributed by atoms with Crippen LogP contribution in [0.1, 0.15) is 12.5 Å². The van der Waals surface area contributed by atoms with Crippen molar-refractivity contribution in [1.82, 2.24) is 15.0 Å². The maximum atomic E-state index is 13.4. The Hall–Kier alpha value is -3.02. The molecule has 2 aromatic heterocycles. The number of nitrogens with one attached hydrogen (secondary N) is 2. The minimum Gasteiger partial charge on any atom is -0.354 e. The second kappa shape index (κ2) is 7.04. The summed E-state index contributed by atoms with van der Waals surface area (Å²) < 4.78 is 13.4. The summed E-state index contributed by atoms with van der Waals surface area (Å²) in [7, 11) is 0. The predicted molar refractivity (Wildman–Crippen MR) is 93.8 cm³/mol. The van der Waals surface area contributed by atoms with Gasteiger partial charge in [0.1, 0.15) is 11.6 Å². The van der Waals surface area contributed by atoms with Crippen LogP contribution >= 0.6 is 0 Å². The van der Waals surface area contributed by atoms with Gasteiger partial charge in [-0.15, -0.1) is 0 Å². The fourth-order valence-electron chi connectivity index (χ4n) is 2.29. The van der Waals surface area contributed by atoms with E-state index in [0.717, 1.165) is 23.5 Å². The first-order valence-corrected chi connectivity index (χ1v) is 7.72. The standard InChI is InChI=1S/C18H18FN5/c1-3-21-18-23-16(13-6-8-20-9-7-13)11-17(24-18)22-14-4-5-15(19)12(2)10-14/h4-11H,3H2,1-2H3,(H2,21,22,23,24). The third-order valence-electron chi connectivity index (χ3n) is 3.47. The number of hydrogen-bond donors (Lipinski definition) is 2. The lowest BCUT2D eigenvalue weighted by molar-refractivity contribution is 0.619. The number of pyridine rings is 1. The van der Waals surface area contributed by atoms with Gasteiger partial charge < -0.3 is 10.6 Å². The van der Waals surface area contributed by atoms with Crippen LogP contribution in [0.25, 0.3) is 11.3 Å². The molecule has 2 N–H and O–H groups in total. The number of benzene rings is 1. The van der Waals surface area contributed by atoms with Crippen molar-refractivity contribution in [2.24, 2.45) is 0 Å². The molecule has 0 unspecified atom stereocenters. The Kier molecular flexibility index (Phi) is 4.65. The van der Waals surface area contributed by atoms with Crippen LogP contribution < -0.4 is 10.6 Å². The van der Waals surface area contributed by atoms with E-state index in [1.165, 1.54) is 6.07 Å². The van der Waals surface area contributed by atoms with Gasteiger partial charge in [-0.25, -0.2) is 9.37 Å². The van der Waals surface area contributed by atoms with Crippen molar-refractivity contribution in [2.45, 2.75) is 13.8 Å². The van der Waals surface area contributed by atoms with Crippen molar-refractivity contribution in [3.05, 3.63) is 60.2 Å². The lowest BCUT2D eigenvalue weighted by Crippen LogP contribution is -2.05. The summed E-state index contributed by atoms with van der Waals surface area (Å²) in [4.78, 5) is 13.0. The predicted octanol–water partition coefficient (Wildman–Crippen LogP) is 4.16. The second-order valence-corrected chi connectivity index (χ2v) is 5.32. The lowest BCUT2D eigenvalue weighted by atomic mass is 10.2. The number of nitrogens with zero attached hydrogens (tertiary/aromatic N) is 3. The van der Waals surface area contributed by atoms with Crippen LogP contribution in [0.3, 0.4) is 0 Å². The highest BCUT2D eigenvalue weighted by molar-refractivity contribution is 5.67. The van der Waals surface area contributed by atoms with E-state index in [4.69, 9.17) is 0 Å². The molecule has 0 bridgehead atoms. The molecule has 0 fully saturated rings. The van der Waals surface area contributed by atoms with Crippen molar-refractivity contribution in [3.8, 4) is 11.3 Å². The van der Waals surface area contributed by atoms with Crippen molar-refractivity contribution in [2.75, 3.05) is 17.2 Å². The molecular formula is C18H18FN5. The summed E-state index contributed by atoms with van der Waals surface area (Å²) in [6.45, 7) is 4.43. The zero-order valence-corrected chi connectivity index (χ0v) is 13.5. The lowest BCUT2D eigenvalue weighted by Gasteiger charge is -2.11. The SMILES string of the molecule is CCNc1nc(Nc2ccc(F)c(C)c2)cc(-c2ccncc2)n1. The summed E-state index contributed by atoms with van der Waals surface area (Å²) in [5.74, 6) is 0.945. The molecule has 0 amide bonds. The number of halogens is 1. The van der Waals surface area contributed by atoms with E-state index in [2.05, 4.69) is 25.6 Å². The van der Waals surface area contributed by atoms with Crippen molar-refractivity contribution >= 4 is 17.5 Å². The molecule has 0 spiro atoms. The normalized spacial score (nSPS) is 10.5. The number of aromatic nitrogens is 3. The molecule has 0 saturated carbocycles. The largest absolute Gasteiger partial charge is 0.354 e.